The van der Waals surface area contributed by atoms with Crippen LogP contribution in [0.2, 0.25) is 0 Å². The number of allylic oxidation sites excluding steroid dienone is 4. The van der Waals surface area contributed by atoms with E-state index in [0.717, 1.165) is 35.5 Å². The molecule has 0 aromatic rings. The summed E-state index contributed by atoms with van der Waals surface area (Å²) in [6, 6.07) is 0. The van der Waals surface area contributed by atoms with Crippen LogP contribution in [0.15, 0.2) is 24.3 Å². The first kappa shape index (κ1) is 23.1. The molecular weight excluding hydrogens is 348 g/mol. The van der Waals surface area contributed by atoms with E-state index in [0.29, 0.717) is 0 Å². The van der Waals surface area contributed by atoms with Crippen molar-refractivity contribution in [2.75, 3.05) is 0 Å². The first-order chi connectivity index (χ1) is 14.3. The van der Waals surface area contributed by atoms with Crippen LogP contribution in [0.25, 0.3) is 0 Å². The van der Waals surface area contributed by atoms with E-state index in [9.17, 15) is 0 Å². The molecule has 0 heteroatoms. The van der Waals surface area contributed by atoms with E-state index in [4.69, 9.17) is 0 Å². The minimum Gasteiger partial charge on any atom is -0.0917 e. The summed E-state index contributed by atoms with van der Waals surface area (Å²) in [6.45, 7) is 4.54. The van der Waals surface area contributed by atoms with Gasteiger partial charge in [0.1, 0.15) is 0 Å². The van der Waals surface area contributed by atoms with Gasteiger partial charge in [0, 0.05) is 0 Å². The molecule has 0 aliphatic heterocycles. The van der Waals surface area contributed by atoms with Crippen molar-refractivity contribution < 1.29 is 0 Å². The average Bonchev–Trinajstić information content (AvgIpc) is 2.78. The minimum atomic E-state index is 0.891. The van der Waals surface area contributed by atoms with E-state index in [1.54, 1.807) is 25.7 Å². The van der Waals surface area contributed by atoms with E-state index in [-0.39, 0.29) is 0 Å². The molecule has 3 rings (SSSR count). The molecule has 0 N–H and O–H groups in total. The van der Waals surface area contributed by atoms with Crippen molar-refractivity contribution >= 4 is 0 Å². The molecule has 0 nitrogen and oxygen atoms in total. The number of rotatable bonds is 9. The van der Waals surface area contributed by atoms with Crippen LogP contribution < -0.4 is 0 Å². The van der Waals surface area contributed by atoms with Gasteiger partial charge in [0.25, 0.3) is 0 Å². The van der Waals surface area contributed by atoms with Gasteiger partial charge in [-0.2, -0.15) is 0 Å². The molecule has 3 fully saturated rings. The van der Waals surface area contributed by atoms with Gasteiger partial charge in [-0.1, -0.05) is 63.3 Å². The van der Waals surface area contributed by atoms with Gasteiger partial charge in [0.15, 0.2) is 0 Å². The Hall–Kier alpha value is -0.520. The Morgan fingerprint density at radius 1 is 0.586 bits per heavy atom. The number of hydrogen-bond donors (Lipinski definition) is 0. The zero-order chi connectivity index (χ0) is 20.3. The largest absolute Gasteiger partial charge is 0.0917 e. The third-order valence-electron chi connectivity index (χ3n) is 9.05. The van der Waals surface area contributed by atoms with Crippen LogP contribution in [0.1, 0.15) is 123 Å². The Labute approximate surface area is 183 Å². The van der Waals surface area contributed by atoms with Crippen molar-refractivity contribution in [3.05, 3.63) is 24.3 Å². The molecule has 166 valence electrons. The minimum absolute atomic E-state index is 0.891. The number of hydrogen-bond acceptors (Lipinski definition) is 0. The zero-order valence-electron chi connectivity index (χ0n) is 19.8. The highest BCUT2D eigenvalue weighted by atomic mass is 14.4. The third kappa shape index (κ3) is 7.91. The Morgan fingerprint density at radius 2 is 1.07 bits per heavy atom. The van der Waals surface area contributed by atoms with Crippen molar-refractivity contribution in [3.63, 3.8) is 0 Å². The summed E-state index contributed by atoms with van der Waals surface area (Å²) in [6.07, 6.45) is 34.8. The molecule has 0 aromatic carbocycles. The molecule has 29 heavy (non-hydrogen) atoms. The maximum absolute atomic E-state index is 2.60. The van der Waals surface area contributed by atoms with Gasteiger partial charge in [0.05, 0.1) is 0 Å². The molecule has 0 radical (unpaired) electrons. The van der Waals surface area contributed by atoms with Crippen LogP contribution in [0.5, 0.6) is 0 Å². The fourth-order valence-electron chi connectivity index (χ4n) is 6.80. The Bertz CT molecular complexity index is 462. The van der Waals surface area contributed by atoms with Gasteiger partial charge in [-0.25, -0.2) is 0 Å². The maximum atomic E-state index is 2.60. The van der Waals surface area contributed by atoms with E-state index in [1.807, 2.05) is 0 Å². The highest BCUT2D eigenvalue weighted by Crippen LogP contribution is 2.42. The molecule has 0 amide bonds. The van der Waals surface area contributed by atoms with Gasteiger partial charge < -0.3 is 0 Å². The lowest BCUT2D eigenvalue weighted by Crippen LogP contribution is -2.25. The van der Waals surface area contributed by atoms with E-state index in [1.165, 1.54) is 83.5 Å². The fraction of sp³-hybridized carbons (Fsp3) is 0.862. The summed E-state index contributed by atoms with van der Waals surface area (Å²) in [4.78, 5) is 0. The van der Waals surface area contributed by atoms with Crippen molar-refractivity contribution in [2.24, 2.45) is 35.5 Å². The van der Waals surface area contributed by atoms with Gasteiger partial charge in [-0.15, -0.1) is 0 Å². The fourth-order valence-corrected chi connectivity index (χ4v) is 6.80. The second-order valence-electron chi connectivity index (χ2n) is 10.9. The molecule has 3 aliphatic carbocycles. The van der Waals surface area contributed by atoms with Crippen LogP contribution in [0.3, 0.4) is 0 Å². The van der Waals surface area contributed by atoms with Crippen LogP contribution in [0.4, 0.5) is 0 Å². The van der Waals surface area contributed by atoms with Crippen LogP contribution in [-0.4, -0.2) is 0 Å². The van der Waals surface area contributed by atoms with Crippen molar-refractivity contribution in [1.29, 1.82) is 0 Å². The first-order valence-electron chi connectivity index (χ1n) is 13.6. The van der Waals surface area contributed by atoms with Crippen molar-refractivity contribution in [2.45, 2.75) is 123 Å². The summed E-state index contributed by atoms with van der Waals surface area (Å²) < 4.78 is 0. The lowest BCUT2D eigenvalue weighted by molar-refractivity contribution is 0.143. The highest BCUT2D eigenvalue weighted by molar-refractivity contribution is 4.92. The monoisotopic (exact) mass is 398 g/mol. The van der Waals surface area contributed by atoms with Crippen LogP contribution in [-0.2, 0) is 0 Å². The molecule has 0 aromatic heterocycles. The molecule has 3 saturated carbocycles. The predicted molar refractivity (Wildman–Crippen MR) is 129 cm³/mol. The normalized spacial score (nSPS) is 36.8. The lowest BCUT2D eigenvalue weighted by Gasteiger charge is -2.37. The lowest BCUT2D eigenvalue weighted by atomic mass is 9.68. The zero-order valence-corrected chi connectivity index (χ0v) is 19.8. The average molecular weight is 399 g/mol. The van der Waals surface area contributed by atoms with Gasteiger partial charge >= 0.3 is 0 Å². The third-order valence-corrected chi connectivity index (χ3v) is 9.05. The molecule has 3 aliphatic rings. The molecule has 0 atom stereocenters. The summed E-state index contributed by atoms with van der Waals surface area (Å²) in [5, 5.41) is 0. The van der Waals surface area contributed by atoms with E-state index < -0.39 is 0 Å². The predicted octanol–water partition coefficient (Wildman–Crippen LogP) is 9.51. The Balaban J connectivity index is 1.24. The van der Waals surface area contributed by atoms with E-state index >= 15 is 0 Å². The molecule has 0 spiro atoms. The summed E-state index contributed by atoms with van der Waals surface area (Å²) in [5.41, 5.74) is 0. The molecule has 0 unspecified atom stereocenters. The molecule has 0 heterocycles. The van der Waals surface area contributed by atoms with Crippen LogP contribution >= 0.6 is 0 Å². The molecule has 0 saturated heterocycles. The second-order valence-corrected chi connectivity index (χ2v) is 10.9. The smallest absolute Gasteiger partial charge is 0.0233 e. The standard InChI is InChI=1S/C29H50/c1-3-5-6-9-25-12-14-26(15-13-25)10-7-8-11-27-18-22-29(23-19-27)28-20-16-24(4-2)17-21-28/h3,5,7,10,24-29H,4,6,8-9,11-23H2,1-2H3. The van der Waals surface area contributed by atoms with Crippen LogP contribution in [0, 0.1) is 35.5 Å². The van der Waals surface area contributed by atoms with Crippen molar-refractivity contribution in [1.82, 2.24) is 0 Å². The quantitative estimate of drug-likeness (QED) is 0.339. The van der Waals surface area contributed by atoms with Gasteiger partial charge in [0.2, 0.25) is 0 Å². The van der Waals surface area contributed by atoms with Crippen molar-refractivity contribution in [3.8, 4) is 0 Å². The summed E-state index contributed by atoms with van der Waals surface area (Å²) >= 11 is 0. The van der Waals surface area contributed by atoms with Gasteiger partial charge in [-0.05, 0) is 119 Å². The molecule has 0 bridgehead atoms. The first-order valence-corrected chi connectivity index (χ1v) is 13.6. The topological polar surface area (TPSA) is 0 Å². The maximum Gasteiger partial charge on any atom is -0.0233 e. The summed E-state index contributed by atoms with van der Waals surface area (Å²) in [7, 11) is 0. The molecular formula is C29H50. The summed E-state index contributed by atoms with van der Waals surface area (Å²) in [5.74, 6) is 6.16. The SMILES string of the molecule is CC=CCCC1CCC(C=CCCC2CCC(C3CCC(CC)CC3)CC2)CC1. The highest BCUT2D eigenvalue weighted by Gasteiger charge is 2.30. The Kier molecular flexibility index (Phi) is 10.4. The Morgan fingerprint density at radius 3 is 1.59 bits per heavy atom. The second kappa shape index (κ2) is 13.0. The van der Waals surface area contributed by atoms with Gasteiger partial charge in [-0.3, -0.25) is 0 Å². The van der Waals surface area contributed by atoms with E-state index in [2.05, 4.69) is 38.2 Å².